The molecular weight excluding hydrogens is 298 g/mol. The van der Waals surface area contributed by atoms with Gasteiger partial charge in [-0.3, -0.25) is 14.5 Å². The van der Waals surface area contributed by atoms with E-state index in [1.54, 1.807) is 12.1 Å². The van der Waals surface area contributed by atoms with Crippen molar-refractivity contribution in [3.63, 3.8) is 0 Å². The van der Waals surface area contributed by atoms with Crippen molar-refractivity contribution >= 4 is 11.8 Å². The second-order valence-electron chi connectivity index (χ2n) is 5.50. The maximum Gasteiger partial charge on any atom is 0.287 e. The van der Waals surface area contributed by atoms with Gasteiger partial charge in [-0.25, -0.2) is 0 Å². The molecule has 1 saturated heterocycles. The van der Waals surface area contributed by atoms with Gasteiger partial charge in [0.25, 0.3) is 5.91 Å². The number of morpholine rings is 1. The fraction of sp³-hybridized carbons (Fsp3) is 0.625. The smallest absolute Gasteiger partial charge is 0.287 e. The van der Waals surface area contributed by atoms with Crippen LogP contribution in [0.5, 0.6) is 0 Å². The Hall–Kier alpha value is -1.86. The molecule has 1 fully saturated rings. The van der Waals surface area contributed by atoms with Gasteiger partial charge in [-0.2, -0.15) is 0 Å². The number of unbranched alkanes of at least 4 members (excludes halogenated alkanes) is 1. The van der Waals surface area contributed by atoms with Crippen molar-refractivity contribution in [3.05, 3.63) is 24.2 Å². The summed E-state index contributed by atoms with van der Waals surface area (Å²) in [5.41, 5.74) is 0. The number of carbonyl (C=O) groups excluding carboxylic acids is 2. The summed E-state index contributed by atoms with van der Waals surface area (Å²) in [5, 5.41) is 5.55. The predicted molar refractivity (Wildman–Crippen MR) is 85.1 cm³/mol. The molecule has 0 spiro atoms. The normalized spacial score (nSPS) is 18.6. The monoisotopic (exact) mass is 323 g/mol. The van der Waals surface area contributed by atoms with E-state index in [-0.39, 0.29) is 23.6 Å². The van der Waals surface area contributed by atoms with E-state index in [4.69, 9.17) is 9.15 Å². The molecule has 23 heavy (non-hydrogen) atoms. The first-order valence-corrected chi connectivity index (χ1v) is 8.13. The number of hydrogen-bond donors (Lipinski definition) is 2. The summed E-state index contributed by atoms with van der Waals surface area (Å²) in [5.74, 6) is -0.0642. The zero-order chi connectivity index (χ0) is 16.5. The van der Waals surface area contributed by atoms with Crippen LogP contribution in [0, 0.1) is 0 Å². The van der Waals surface area contributed by atoms with E-state index in [1.807, 2.05) is 0 Å². The Balaban J connectivity index is 1.69. The molecule has 2 rings (SSSR count). The van der Waals surface area contributed by atoms with Gasteiger partial charge in [-0.15, -0.1) is 0 Å². The fourth-order valence-electron chi connectivity index (χ4n) is 2.48. The van der Waals surface area contributed by atoms with Crippen LogP contribution < -0.4 is 10.6 Å². The second-order valence-corrected chi connectivity index (χ2v) is 5.50. The average Bonchev–Trinajstić information content (AvgIpc) is 3.11. The van der Waals surface area contributed by atoms with Gasteiger partial charge in [0.2, 0.25) is 5.91 Å². The van der Waals surface area contributed by atoms with Crippen LogP contribution in [0.3, 0.4) is 0 Å². The van der Waals surface area contributed by atoms with Crippen LogP contribution in [0.4, 0.5) is 0 Å². The van der Waals surface area contributed by atoms with E-state index in [0.29, 0.717) is 26.3 Å². The Kier molecular flexibility index (Phi) is 7.09. The summed E-state index contributed by atoms with van der Waals surface area (Å²) in [6.45, 7) is 5.66. The van der Waals surface area contributed by atoms with Crippen LogP contribution in [-0.4, -0.2) is 62.1 Å². The lowest BCUT2D eigenvalue weighted by molar-refractivity contribution is -0.132. The van der Waals surface area contributed by atoms with Crippen molar-refractivity contribution in [2.45, 2.75) is 25.8 Å². The summed E-state index contributed by atoms with van der Waals surface area (Å²) in [6, 6.07) is 3.01. The third-order valence-corrected chi connectivity index (χ3v) is 3.80. The Labute approximate surface area is 136 Å². The largest absolute Gasteiger partial charge is 0.459 e. The van der Waals surface area contributed by atoms with E-state index >= 15 is 0 Å². The topological polar surface area (TPSA) is 83.8 Å². The number of ether oxygens (including phenoxy) is 1. The molecule has 0 radical (unpaired) electrons. The zero-order valence-corrected chi connectivity index (χ0v) is 13.5. The number of carbonyl (C=O) groups is 2. The number of rotatable bonds is 8. The first-order chi connectivity index (χ1) is 11.2. The van der Waals surface area contributed by atoms with Crippen LogP contribution in [-0.2, 0) is 9.53 Å². The van der Waals surface area contributed by atoms with Crippen LogP contribution in [0.15, 0.2) is 22.8 Å². The molecule has 1 aromatic heterocycles. The molecule has 1 aromatic rings. The van der Waals surface area contributed by atoms with Crippen molar-refractivity contribution < 1.29 is 18.7 Å². The van der Waals surface area contributed by atoms with E-state index in [9.17, 15) is 9.59 Å². The van der Waals surface area contributed by atoms with E-state index in [2.05, 4.69) is 22.5 Å². The fourth-order valence-corrected chi connectivity index (χ4v) is 2.48. The summed E-state index contributed by atoms with van der Waals surface area (Å²) in [6.07, 6.45) is 3.62. The van der Waals surface area contributed by atoms with Gasteiger partial charge in [0.15, 0.2) is 5.76 Å². The van der Waals surface area contributed by atoms with Gasteiger partial charge in [-0.1, -0.05) is 13.3 Å². The molecule has 0 bridgehead atoms. The molecule has 1 aliphatic heterocycles. The summed E-state index contributed by atoms with van der Waals surface area (Å²) < 4.78 is 10.4. The standard InChI is InChI=1S/C16H25N3O4/c1-2-3-8-19-9-11-22-12-13(19)15(20)17-6-7-18-16(21)14-5-4-10-23-14/h4-5,10,13H,2-3,6-9,11-12H2,1H3,(H,17,20)(H,18,21)/t13-/m0/s1. The SMILES string of the molecule is CCCCN1CCOC[C@H]1C(=O)NCCNC(=O)c1ccco1. The van der Waals surface area contributed by atoms with Gasteiger partial charge >= 0.3 is 0 Å². The predicted octanol–water partition coefficient (Wildman–Crippen LogP) is 0.627. The third-order valence-electron chi connectivity index (χ3n) is 3.80. The number of nitrogens with one attached hydrogen (secondary N) is 2. The molecule has 0 unspecified atom stereocenters. The van der Waals surface area contributed by atoms with E-state index in [0.717, 1.165) is 25.9 Å². The Morgan fingerprint density at radius 1 is 1.35 bits per heavy atom. The van der Waals surface area contributed by atoms with Crippen molar-refractivity contribution in [1.82, 2.24) is 15.5 Å². The van der Waals surface area contributed by atoms with Crippen molar-refractivity contribution in [3.8, 4) is 0 Å². The minimum absolute atomic E-state index is 0.0481. The van der Waals surface area contributed by atoms with Gasteiger partial charge in [0, 0.05) is 19.6 Å². The number of amides is 2. The van der Waals surface area contributed by atoms with Crippen molar-refractivity contribution in [2.24, 2.45) is 0 Å². The van der Waals surface area contributed by atoms with Gasteiger partial charge in [0.1, 0.15) is 6.04 Å². The van der Waals surface area contributed by atoms with Crippen LogP contribution >= 0.6 is 0 Å². The second kappa shape index (κ2) is 9.32. The summed E-state index contributed by atoms with van der Waals surface area (Å²) in [7, 11) is 0. The molecule has 0 aliphatic carbocycles. The molecule has 1 aliphatic rings. The highest BCUT2D eigenvalue weighted by molar-refractivity contribution is 5.91. The zero-order valence-electron chi connectivity index (χ0n) is 13.5. The van der Waals surface area contributed by atoms with Gasteiger partial charge in [-0.05, 0) is 25.1 Å². The summed E-state index contributed by atoms with van der Waals surface area (Å²) >= 11 is 0. The van der Waals surface area contributed by atoms with E-state index < -0.39 is 0 Å². The Bertz CT molecular complexity index is 490. The molecule has 7 heteroatoms. The van der Waals surface area contributed by atoms with Crippen molar-refractivity contribution in [1.29, 1.82) is 0 Å². The van der Waals surface area contributed by atoms with Crippen molar-refractivity contribution in [2.75, 3.05) is 39.4 Å². The van der Waals surface area contributed by atoms with Crippen LogP contribution in [0.1, 0.15) is 30.3 Å². The third kappa shape index (κ3) is 5.37. The Morgan fingerprint density at radius 3 is 2.91 bits per heavy atom. The minimum atomic E-state index is -0.283. The summed E-state index contributed by atoms with van der Waals surface area (Å²) in [4.78, 5) is 26.1. The quantitative estimate of drug-likeness (QED) is 0.686. The molecular formula is C16H25N3O4. The minimum Gasteiger partial charge on any atom is -0.459 e. The molecule has 0 saturated carbocycles. The number of furan rings is 1. The first kappa shape index (κ1) is 17.5. The lowest BCUT2D eigenvalue weighted by Gasteiger charge is -2.34. The van der Waals surface area contributed by atoms with Crippen LogP contribution in [0.2, 0.25) is 0 Å². The Morgan fingerprint density at radius 2 is 2.17 bits per heavy atom. The van der Waals surface area contributed by atoms with Crippen LogP contribution in [0.25, 0.3) is 0 Å². The molecule has 1 atom stereocenters. The molecule has 2 heterocycles. The number of nitrogens with zero attached hydrogens (tertiary/aromatic N) is 1. The highest BCUT2D eigenvalue weighted by Gasteiger charge is 2.28. The highest BCUT2D eigenvalue weighted by Crippen LogP contribution is 2.08. The van der Waals surface area contributed by atoms with Gasteiger partial charge < -0.3 is 19.8 Å². The average molecular weight is 323 g/mol. The maximum absolute atomic E-state index is 12.3. The van der Waals surface area contributed by atoms with E-state index in [1.165, 1.54) is 6.26 Å². The molecule has 128 valence electrons. The molecule has 7 nitrogen and oxygen atoms in total. The lowest BCUT2D eigenvalue weighted by Crippen LogP contribution is -2.54. The molecule has 0 aromatic carbocycles. The first-order valence-electron chi connectivity index (χ1n) is 8.13. The van der Waals surface area contributed by atoms with Gasteiger partial charge in [0.05, 0.1) is 19.5 Å². The molecule has 2 N–H and O–H groups in total. The lowest BCUT2D eigenvalue weighted by atomic mass is 10.2. The molecule has 2 amide bonds. The highest BCUT2D eigenvalue weighted by atomic mass is 16.5. The maximum atomic E-state index is 12.3. The number of hydrogen-bond acceptors (Lipinski definition) is 5.